The molecule has 29 heavy (non-hydrogen) atoms. The van der Waals surface area contributed by atoms with E-state index in [0.717, 1.165) is 41.5 Å². The Bertz CT molecular complexity index is 875. The second-order valence-electron chi connectivity index (χ2n) is 7.07. The predicted molar refractivity (Wildman–Crippen MR) is 113 cm³/mol. The molecule has 3 rings (SSSR count). The highest BCUT2D eigenvalue weighted by atomic mass is 16.6. The van der Waals surface area contributed by atoms with Crippen LogP contribution in [0.3, 0.4) is 0 Å². The van der Waals surface area contributed by atoms with Crippen molar-refractivity contribution >= 4 is 24.2 Å². The van der Waals surface area contributed by atoms with Crippen LogP contribution in [0.2, 0.25) is 0 Å². The largest absolute Gasteiger partial charge is 0.469 e. The Morgan fingerprint density at radius 1 is 0.966 bits per heavy atom. The van der Waals surface area contributed by atoms with Crippen molar-refractivity contribution in [2.24, 2.45) is 0 Å². The molecule has 5 nitrogen and oxygen atoms in total. The molecule has 1 aliphatic carbocycles. The van der Waals surface area contributed by atoms with Crippen LogP contribution in [-0.4, -0.2) is 25.7 Å². The second kappa shape index (κ2) is 10.5. The van der Waals surface area contributed by atoms with E-state index in [1.807, 2.05) is 36.4 Å². The molecule has 2 aromatic carbocycles. The first-order valence-electron chi connectivity index (χ1n) is 10.0. The maximum atomic E-state index is 12.4. The molecule has 1 amide bonds. The van der Waals surface area contributed by atoms with Crippen LogP contribution in [0.1, 0.15) is 54.0 Å². The first kappa shape index (κ1) is 20.6. The summed E-state index contributed by atoms with van der Waals surface area (Å²) in [7, 11) is 1.39. The number of esters is 1. The van der Waals surface area contributed by atoms with E-state index >= 15 is 0 Å². The number of benzene rings is 2. The summed E-state index contributed by atoms with van der Waals surface area (Å²) in [6, 6.07) is 16.2. The van der Waals surface area contributed by atoms with Gasteiger partial charge in [-0.3, -0.25) is 4.79 Å². The van der Waals surface area contributed by atoms with Crippen molar-refractivity contribution < 1.29 is 19.1 Å². The molecule has 5 heteroatoms. The molecule has 0 fully saturated rings. The van der Waals surface area contributed by atoms with Crippen molar-refractivity contribution in [1.82, 2.24) is 5.32 Å². The van der Waals surface area contributed by atoms with Crippen molar-refractivity contribution in [1.29, 1.82) is 0 Å². The van der Waals surface area contributed by atoms with Gasteiger partial charge in [0.25, 0.3) is 0 Å². The Kier molecular flexibility index (Phi) is 7.45. The van der Waals surface area contributed by atoms with Crippen molar-refractivity contribution in [3.05, 3.63) is 70.8 Å². The standard InChI is InChI=1S/C24H27NO4/c1-28-23(26)13-3-2-8-16-25-24(27)29-22-17-20-11-5-4-9-18(20)14-15-19-10-6-7-12-21(19)22/h4-7,9-12,14-15,22H,2-3,8,13,16-17H2,1H3,(H,25,27)/b15-14-. The molecule has 0 radical (unpaired) electrons. The van der Waals surface area contributed by atoms with Gasteiger partial charge in [-0.25, -0.2) is 4.79 Å². The number of ether oxygens (including phenoxy) is 2. The number of rotatable bonds is 7. The van der Waals surface area contributed by atoms with Gasteiger partial charge < -0.3 is 14.8 Å². The van der Waals surface area contributed by atoms with Crippen LogP contribution in [0, 0.1) is 0 Å². The summed E-state index contributed by atoms with van der Waals surface area (Å²) in [5, 5.41) is 2.83. The fourth-order valence-electron chi connectivity index (χ4n) is 3.47. The van der Waals surface area contributed by atoms with Crippen LogP contribution in [-0.2, 0) is 20.7 Å². The van der Waals surface area contributed by atoms with Gasteiger partial charge in [-0.15, -0.1) is 0 Å². The van der Waals surface area contributed by atoms with Gasteiger partial charge in [0.15, 0.2) is 0 Å². The zero-order valence-corrected chi connectivity index (χ0v) is 16.7. The van der Waals surface area contributed by atoms with Crippen molar-refractivity contribution in [2.75, 3.05) is 13.7 Å². The lowest BCUT2D eigenvalue weighted by atomic mass is 9.91. The van der Waals surface area contributed by atoms with Gasteiger partial charge >= 0.3 is 12.1 Å². The third-order valence-corrected chi connectivity index (χ3v) is 5.05. The first-order valence-corrected chi connectivity index (χ1v) is 10.0. The van der Waals surface area contributed by atoms with Crippen LogP contribution >= 0.6 is 0 Å². The number of methoxy groups -OCH3 is 1. The molecule has 2 aromatic rings. The Morgan fingerprint density at radius 2 is 1.69 bits per heavy atom. The average Bonchev–Trinajstić information content (AvgIpc) is 2.73. The van der Waals surface area contributed by atoms with E-state index in [4.69, 9.17) is 4.74 Å². The highest BCUT2D eigenvalue weighted by molar-refractivity contribution is 5.74. The summed E-state index contributed by atoms with van der Waals surface area (Å²) in [4.78, 5) is 23.5. The normalized spacial score (nSPS) is 15.8. The number of carbonyl (C=O) groups excluding carboxylic acids is 2. The van der Waals surface area contributed by atoms with E-state index in [1.165, 1.54) is 7.11 Å². The Labute approximate surface area is 171 Å². The molecule has 0 saturated heterocycles. The minimum Gasteiger partial charge on any atom is -0.469 e. The molecular weight excluding hydrogens is 366 g/mol. The first-order chi connectivity index (χ1) is 14.2. The molecule has 1 aliphatic rings. The number of carbonyl (C=O) groups is 2. The molecule has 0 spiro atoms. The van der Waals surface area contributed by atoms with Gasteiger partial charge in [0.1, 0.15) is 6.10 Å². The fourth-order valence-corrected chi connectivity index (χ4v) is 3.47. The predicted octanol–water partition coefficient (Wildman–Crippen LogP) is 4.91. The lowest BCUT2D eigenvalue weighted by Crippen LogP contribution is -2.28. The topological polar surface area (TPSA) is 64.6 Å². The maximum absolute atomic E-state index is 12.4. The minimum atomic E-state index is -0.417. The van der Waals surface area contributed by atoms with Crippen LogP contribution < -0.4 is 5.32 Å². The zero-order chi connectivity index (χ0) is 20.5. The molecule has 0 heterocycles. The van der Waals surface area contributed by atoms with Crippen LogP contribution in [0.25, 0.3) is 12.2 Å². The Hall–Kier alpha value is -3.08. The van der Waals surface area contributed by atoms with Gasteiger partial charge in [-0.2, -0.15) is 0 Å². The number of fused-ring (bicyclic) bond motifs is 2. The van der Waals surface area contributed by atoms with Crippen molar-refractivity contribution in [3.63, 3.8) is 0 Å². The van der Waals surface area contributed by atoms with Crippen LogP contribution in [0.4, 0.5) is 4.79 Å². The summed E-state index contributed by atoms with van der Waals surface area (Å²) in [6.45, 7) is 0.519. The molecule has 152 valence electrons. The number of hydrogen-bond acceptors (Lipinski definition) is 4. The highest BCUT2D eigenvalue weighted by Gasteiger charge is 2.22. The summed E-state index contributed by atoms with van der Waals surface area (Å²) in [6.07, 6.45) is 6.84. The average molecular weight is 393 g/mol. The fraction of sp³-hybridized carbons (Fsp3) is 0.333. The van der Waals surface area contributed by atoms with E-state index in [0.29, 0.717) is 19.4 Å². The minimum absolute atomic E-state index is 0.199. The number of amides is 1. The van der Waals surface area contributed by atoms with Crippen LogP contribution in [0.15, 0.2) is 48.5 Å². The smallest absolute Gasteiger partial charge is 0.407 e. The summed E-state index contributed by atoms with van der Waals surface area (Å²) in [5.41, 5.74) is 4.36. The SMILES string of the molecule is COC(=O)CCCCCNC(=O)OC1Cc2ccccc2/C=C\c2ccccc21. The lowest BCUT2D eigenvalue weighted by Gasteiger charge is -2.23. The monoisotopic (exact) mass is 393 g/mol. The molecule has 0 bridgehead atoms. The third-order valence-electron chi connectivity index (χ3n) is 5.05. The number of alkyl carbamates (subject to hydrolysis) is 1. The number of nitrogens with one attached hydrogen (secondary N) is 1. The summed E-state index contributed by atoms with van der Waals surface area (Å²) >= 11 is 0. The molecule has 0 aliphatic heterocycles. The lowest BCUT2D eigenvalue weighted by molar-refractivity contribution is -0.140. The van der Waals surface area contributed by atoms with E-state index < -0.39 is 6.09 Å². The third kappa shape index (κ3) is 5.95. The quantitative estimate of drug-likeness (QED) is 0.536. The van der Waals surface area contributed by atoms with E-state index in [-0.39, 0.29) is 12.1 Å². The van der Waals surface area contributed by atoms with Gasteiger partial charge in [0.05, 0.1) is 7.11 Å². The van der Waals surface area contributed by atoms with Crippen molar-refractivity contribution in [2.45, 2.75) is 38.2 Å². The molecule has 1 N–H and O–H groups in total. The molecule has 0 saturated carbocycles. The molecular formula is C24H27NO4. The molecule has 1 unspecified atom stereocenters. The van der Waals surface area contributed by atoms with Crippen molar-refractivity contribution in [3.8, 4) is 0 Å². The van der Waals surface area contributed by atoms with E-state index in [9.17, 15) is 9.59 Å². The highest BCUT2D eigenvalue weighted by Crippen LogP contribution is 2.31. The number of hydrogen-bond donors (Lipinski definition) is 1. The Morgan fingerprint density at radius 3 is 2.52 bits per heavy atom. The maximum Gasteiger partial charge on any atom is 0.407 e. The van der Waals surface area contributed by atoms with E-state index in [2.05, 4.69) is 34.3 Å². The van der Waals surface area contributed by atoms with Gasteiger partial charge in [-0.1, -0.05) is 67.1 Å². The van der Waals surface area contributed by atoms with Gasteiger partial charge in [0, 0.05) is 24.9 Å². The van der Waals surface area contributed by atoms with Crippen LogP contribution in [0.5, 0.6) is 0 Å². The number of unbranched alkanes of at least 4 members (excludes halogenated alkanes) is 2. The second-order valence-corrected chi connectivity index (χ2v) is 7.07. The van der Waals surface area contributed by atoms with E-state index in [1.54, 1.807) is 0 Å². The van der Waals surface area contributed by atoms with Gasteiger partial charge in [0.2, 0.25) is 0 Å². The molecule has 1 atom stereocenters. The zero-order valence-electron chi connectivity index (χ0n) is 16.7. The Balaban J connectivity index is 1.58. The van der Waals surface area contributed by atoms with Gasteiger partial charge in [-0.05, 0) is 29.5 Å². The molecule has 0 aromatic heterocycles. The summed E-state index contributed by atoms with van der Waals surface area (Å²) < 4.78 is 10.4. The summed E-state index contributed by atoms with van der Waals surface area (Å²) in [5.74, 6) is -0.199.